The van der Waals surface area contributed by atoms with Crippen molar-refractivity contribution in [1.82, 2.24) is 0 Å². The second-order valence-electron chi connectivity index (χ2n) is 4.52. The molecule has 3 N–H and O–H groups in total. The van der Waals surface area contributed by atoms with Gasteiger partial charge in [0.05, 0.1) is 5.84 Å². The number of rotatable bonds is 4. The Morgan fingerprint density at radius 3 is 2.06 bits per heavy atom. The van der Waals surface area contributed by atoms with Crippen molar-refractivity contribution >= 4 is 18.2 Å². The van der Waals surface area contributed by atoms with Crippen LogP contribution in [0.5, 0.6) is 0 Å². The van der Waals surface area contributed by atoms with Gasteiger partial charge in [-0.1, -0.05) is 45.0 Å². The molecule has 90 valence electrons. The summed E-state index contributed by atoms with van der Waals surface area (Å²) < 4.78 is 0. The van der Waals surface area contributed by atoms with Gasteiger partial charge in [0, 0.05) is 5.92 Å². The molecular formula is C13H21ClN2. The summed E-state index contributed by atoms with van der Waals surface area (Å²) in [6.45, 7) is 6.39. The molecule has 0 unspecified atom stereocenters. The fourth-order valence-electron chi connectivity index (χ4n) is 1.59. The van der Waals surface area contributed by atoms with E-state index in [-0.39, 0.29) is 24.2 Å². The predicted octanol–water partition coefficient (Wildman–Crippen LogP) is 3.35. The van der Waals surface area contributed by atoms with Gasteiger partial charge in [-0.2, -0.15) is 0 Å². The lowest BCUT2D eigenvalue weighted by Gasteiger charge is -2.11. The van der Waals surface area contributed by atoms with Gasteiger partial charge in [0.2, 0.25) is 0 Å². The molecule has 0 heterocycles. The maximum atomic E-state index is 7.38. The molecule has 0 aliphatic rings. The molecule has 0 aromatic heterocycles. The first-order valence-electron chi connectivity index (χ1n) is 5.43. The van der Waals surface area contributed by atoms with Crippen molar-refractivity contribution in [3.63, 3.8) is 0 Å². The fourth-order valence-corrected chi connectivity index (χ4v) is 1.59. The summed E-state index contributed by atoms with van der Waals surface area (Å²) in [6.07, 6.45) is 1.11. The number of amidine groups is 1. The van der Waals surface area contributed by atoms with E-state index in [0.29, 0.717) is 5.92 Å². The number of hydrogen-bond donors (Lipinski definition) is 2. The lowest BCUT2D eigenvalue weighted by molar-refractivity contribution is 0.647. The first kappa shape index (κ1) is 15.0. The number of hydrogen-bond acceptors (Lipinski definition) is 1. The minimum absolute atomic E-state index is 0. The Morgan fingerprint density at radius 1 is 1.19 bits per heavy atom. The van der Waals surface area contributed by atoms with Gasteiger partial charge in [0.15, 0.2) is 0 Å². The van der Waals surface area contributed by atoms with Crippen LogP contribution in [0, 0.1) is 11.3 Å². The minimum Gasteiger partial charge on any atom is -0.387 e. The number of nitrogens with one attached hydrogen (secondary N) is 1. The number of benzene rings is 1. The standard InChI is InChI=1S/C13H20N2.ClH/c1-9(2)8-11-4-6-12(7-5-11)10(3)13(14)15;/h4-7,9-10H,8H2,1-3H3,(H3,14,15);1H/t10-;/m0./s1. The summed E-state index contributed by atoms with van der Waals surface area (Å²) >= 11 is 0. The maximum Gasteiger partial charge on any atom is 0.0979 e. The lowest BCUT2D eigenvalue weighted by Crippen LogP contribution is -2.17. The molecule has 0 saturated heterocycles. The van der Waals surface area contributed by atoms with Crippen LogP contribution >= 0.6 is 12.4 Å². The average Bonchev–Trinajstić information content (AvgIpc) is 2.17. The summed E-state index contributed by atoms with van der Waals surface area (Å²) in [4.78, 5) is 0. The van der Waals surface area contributed by atoms with Crippen LogP contribution in [-0.4, -0.2) is 5.84 Å². The third kappa shape index (κ3) is 4.23. The molecule has 0 aliphatic carbocycles. The molecule has 1 aromatic carbocycles. The smallest absolute Gasteiger partial charge is 0.0979 e. The summed E-state index contributed by atoms with van der Waals surface area (Å²) in [5.74, 6) is 0.936. The molecule has 0 fully saturated rings. The molecule has 1 rings (SSSR count). The third-order valence-electron chi connectivity index (χ3n) is 2.59. The van der Waals surface area contributed by atoms with Gasteiger partial charge in [0.25, 0.3) is 0 Å². The first-order chi connectivity index (χ1) is 7.00. The molecule has 0 radical (unpaired) electrons. The van der Waals surface area contributed by atoms with Crippen molar-refractivity contribution in [1.29, 1.82) is 5.41 Å². The van der Waals surface area contributed by atoms with Crippen LogP contribution in [0.15, 0.2) is 24.3 Å². The van der Waals surface area contributed by atoms with E-state index >= 15 is 0 Å². The monoisotopic (exact) mass is 240 g/mol. The fraction of sp³-hybridized carbons (Fsp3) is 0.462. The van der Waals surface area contributed by atoms with Crippen molar-refractivity contribution in [2.75, 3.05) is 0 Å². The predicted molar refractivity (Wildman–Crippen MR) is 72.6 cm³/mol. The summed E-state index contributed by atoms with van der Waals surface area (Å²) in [5.41, 5.74) is 7.94. The van der Waals surface area contributed by atoms with Crippen molar-refractivity contribution in [2.45, 2.75) is 33.1 Å². The van der Waals surface area contributed by atoms with Crippen LogP contribution in [0.4, 0.5) is 0 Å². The Morgan fingerprint density at radius 2 is 1.69 bits per heavy atom. The molecule has 0 saturated carbocycles. The molecule has 16 heavy (non-hydrogen) atoms. The molecular weight excluding hydrogens is 220 g/mol. The van der Waals surface area contributed by atoms with Crippen LogP contribution in [0.3, 0.4) is 0 Å². The summed E-state index contributed by atoms with van der Waals surface area (Å²) in [6, 6.07) is 8.41. The van der Waals surface area contributed by atoms with Gasteiger partial charge >= 0.3 is 0 Å². The molecule has 3 heteroatoms. The lowest BCUT2D eigenvalue weighted by atomic mass is 9.96. The molecule has 0 aliphatic heterocycles. The first-order valence-corrected chi connectivity index (χ1v) is 5.43. The maximum absolute atomic E-state index is 7.38. The van der Waals surface area contributed by atoms with Crippen molar-refractivity contribution in [3.8, 4) is 0 Å². The SMILES string of the molecule is CC(C)Cc1ccc([C@H](C)C(=N)N)cc1.Cl. The van der Waals surface area contributed by atoms with Gasteiger partial charge in [-0.3, -0.25) is 5.41 Å². The van der Waals surface area contributed by atoms with Crippen LogP contribution in [0.25, 0.3) is 0 Å². The molecule has 1 aromatic rings. The van der Waals surface area contributed by atoms with E-state index < -0.39 is 0 Å². The molecule has 0 bridgehead atoms. The summed E-state index contributed by atoms with van der Waals surface area (Å²) in [7, 11) is 0. The zero-order valence-corrected chi connectivity index (χ0v) is 11.0. The van der Waals surface area contributed by atoms with Gasteiger partial charge in [0.1, 0.15) is 0 Å². The van der Waals surface area contributed by atoms with E-state index in [4.69, 9.17) is 11.1 Å². The van der Waals surface area contributed by atoms with E-state index in [1.54, 1.807) is 0 Å². The highest BCUT2D eigenvalue weighted by atomic mass is 35.5. The Bertz CT molecular complexity index is 330. The van der Waals surface area contributed by atoms with Crippen molar-refractivity contribution in [2.24, 2.45) is 11.7 Å². The molecule has 1 atom stereocenters. The van der Waals surface area contributed by atoms with E-state index in [0.717, 1.165) is 12.0 Å². The van der Waals surface area contributed by atoms with Crippen molar-refractivity contribution < 1.29 is 0 Å². The van der Waals surface area contributed by atoms with E-state index in [9.17, 15) is 0 Å². The highest BCUT2D eigenvalue weighted by Gasteiger charge is 2.07. The molecule has 0 amide bonds. The Balaban J connectivity index is 0.00000225. The van der Waals surface area contributed by atoms with Crippen LogP contribution in [-0.2, 0) is 6.42 Å². The number of nitrogens with two attached hydrogens (primary N) is 1. The second kappa shape index (κ2) is 6.54. The van der Waals surface area contributed by atoms with Crippen LogP contribution < -0.4 is 5.73 Å². The summed E-state index contributed by atoms with van der Waals surface area (Å²) in [5, 5.41) is 7.38. The largest absolute Gasteiger partial charge is 0.387 e. The van der Waals surface area contributed by atoms with Gasteiger partial charge in [-0.25, -0.2) is 0 Å². The van der Waals surface area contributed by atoms with Gasteiger partial charge in [-0.05, 0) is 23.5 Å². The molecule has 0 spiro atoms. The Kier molecular flexibility index (Phi) is 6.12. The highest BCUT2D eigenvalue weighted by molar-refractivity contribution is 5.85. The zero-order chi connectivity index (χ0) is 11.4. The topological polar surface area (TPSA) is 49.9 Å². The van der Waals surface area contributed by atoms with Crippen LogP contribution in [0.1, 0.15) is 37.8 Å². The molecule has 2 nitrogen and oxygen atoms in total. The Labute approximate surface area is 104 Å². The number of halogens is 1. The quantitative estimate of drug-likeness (QED) is 0.616. The van der Waals surface area contributed by atoms with Gasteiger partial charge < -0.3 is 5.73 Å². The minimum atomic E-state index is 0. The van der Waals surface area contributed by atoms with Crippen LogP contribution in [0.2, 0.25) is 0 Å². The average molecular weight is 241 g/mol. The highest BCUT2D eigenvalue weighted by Crippen LogP contribution is 2.16. The van der Waals surface area contributed by atoms with E-state index in [1.807, 2.05) is 6.92 Å². The zero-order valence-electron chi connectivity index (χ0n) is 10.2. The third-order valence-corrected chi connectivity index (χ3v) is 2.59. The van der Waals surface area contributed by atoms with E-state index in [2.05, 4.69) is 38.1 Å². The normalized spacial score (nSPS) is 12.0. The second-order valence-corrected chi connectivity index (χ2v) is 4.52. The Hall–Kier alpha value is -1.02. The van der Waals surface area contributed by atoms with E-state index in [1.165, 1.54) is 5.56 Å². The van der Waals surface area contributed by atoms with Crippen molar-refractivity contribution in [3.05, 3.63) is 35.4 Å². The van der Waals surface area contributed by atoms with Gasteiger partial charge in [-0.15, -0.1) is 12.4 Å².